The number of nitrogens with zero attached hydrogens (tertiary/aromatic N) is 2. The number of rotatable bonds is 6. The zero-order valence-electron chi connectivity index (χ0n) is 18.7. The van der Waals surface area contributed by atoms with E-state index in [1.807, 2.05) is 48.5 Å². The molecule has 0 aliphatic carbocycles. The van der Waals surface area contributed by atoms with Gasteiger partial charge in [-0.05, 0) is 49.7 Å². The Labute approximate surface area is 196 Å². The first kappa shape index (κ1) is 22.7. The molecule has 0 aliphatic rings. The molecule has 4 aromatic rings. The van der Waals surface area contributed by atoms with Crippen LogP contribution in [0, 0.1) is 19.7 Å². The Kier molecular flexibility index (Phi) is 6.68. The van der Waals surface area contributed by atoms with Gasteiger partial charge in [0.15, 0.2) is 6.61 Å². The van der Waals surface area contributed by atoms with Crippen LogP contribution in [0.2, 0.25) is 0 Å². The zero-order valence-corrected chi connectivity index (χ0v) is 18.7. The Morgan fingerprint density at radius 2 is 1.59 bits per heavy atom. The van der Waals surface area contributed by atoms with Gasteiger partial charge in [-0.2, -0.15) is 5.10 Å². The van der Waals surface area contributed by atoms with Gasteiger partial charge in [0.05, 0.1) is 22.6 Å². The van der Waals surface area contributed by atoms with E-state index in [1.54, 1.807) is 36.7 Å². The van der Waals surface area contributed by atoms with Crippen molar-refractivity contribution >= 4 is 11.8 Å². The van der Waals surface area contributed by atoms with Crippen molar-refractivity contribution in [2.75, 3.05) is 6.61 Å². The molecule has 0 atom stereocenters. The maximum Gasteiger partial charge on any atom is 0.276 e. The van der Waals surface area contributed by atoms with E-state index in [0.29, 0.717) is 28.4 Å². The molecule has 8 heteroatoms. The number of carbonyl (C=O) groups excluding carboxylic acids is 2. The van der Waals surface area contributed by atoms with Crippen LogP contribution in [-0.2, 0) is 4.79 Å². The lowest BCUT2D eigenvalue weighted by atomic mass is 10.1. The monoisotopic (exact) mass is 458 g/mol. The van der Waals surface area contributed by atoms with E-state index in [2.05, 4.69) is 16.0 Å². The molecule has 0 unspecified atom stereocenters. The lowest BCUT2D eigenvalue weighted by Crippen LogP contribution is -2.44. The average molecular weight is 458 g/mol. The van der Waals surface area contributed by atoms with E-state index in [0.717, 1.165) is 11.1 Å². The minimum atomic E-state index is -0.516. The quantitative estimate of drug-likeness (QED) is 0.426. The number of nitrogens with one attached hydrogen (secondary N) is 2. The fourth-order valence-corrected chi connectivity index (χ4v) is 3.62. The van der Waals surface area contributed by atoms with Crippen LogP contribution in [0.15, 0.2) is 78.9 Å². The van der Waals surface area contributed by atoms with Crippen molar-refractivity contribution in [3.8, 4) is 22.6 Å². The number of aromatic nitrogens is 2. The molecule has 0 aliphatic heterocycles. The normalized spacial score (nSPS) is 10.6. The fraction of sp³-hybridized carbons (Fsp3) is 0.115. The third-order valence-corrected chi connectivity index (χ3v) is 5.24. The maximum absolute atomic E-state index is 13.2. The number of para-hydroxylation sites is 1. The summed E-state index contributed by atoms with van der Waals surface area (Å²) < 4.78 is 20.5. The molecule has 0 saturated heterocycles. The van der Waals surface area contributed by atoms with Crippen molar-refractivity contribution in [3.05, 3.63) is 102 Å². The molecule has 2 amide bonds. The van der Waals surface area contributed by atoms with Gasteiger partial charge in [0.1, 0.15) is 11.6 Å². The summed E-state index contributed by atoms with van der Waals surface area (Å²) in [4.78, 5) is 25.0. The number of carbonyl (C=O) groups is 2. The van der Waals surface area contributed by atoms with E-state index in [9.17, 15) is 14.0 Å². The molecule has 7 nitrogen and oxygen atoms in total. The lowest BCUT2D eigenvalue weighted by Gasteiger charge is -2.12. The summed E-state index contributed by atoms with van der Waals surface area (Å²) in [5, 5.41) is 4.37. The number of hydrazine groups is 1. The summed E-state index contributed by atoms with van der Waals surface area (Å²) in [6, 6.07) is 22.9. The number of hydrogen-bond acceptors (Lipinski definition) is 4. The summed E-state index contributed by atoms with van der Waals surface area (Å²) in [5.41, 5.74) is 8.58. The van der Waals surface area contributed by atoms with Crippen molar-refractivity contribution in [2.45, 2.75) is 13.8 Å². The van der Waals surface area contributed by atoms with Crippen LogP contribution < -0.4 is 15.6 Å². The molecule has 0 spiro atoms. The van der Waals surface area contributed by atoms with Gasteiger partial charge in [-0.3, -0.25) is 20.4 Å². The molecule has 172 valence electrons. The molecule has 0 saturated carbocycles. The van der Waals surface area contributed by atoms with Crippen LogP contribution >= 0.6 is 0 Å². The van der Waals surface area contributed by atoms with Crippen LogP contribution in [0.5, 0.6) is 5.75 Å². The van der Waals surface area contributed by atoms with Crippen LogP contribution in [-0.4, -0.2) is 28.2 Å². The Morgan fingerprint density at radius 1 is 0.912 bits per heavy atom. The SMILES string of the molecule is Cc1nn(-c2ccc(F)cc2)c(C)c1C(=O)NNC(=O)COc1ccccc1-c1ccccc1. The van der Waals surface area contributed by atoms with Gasteiger partial charge < -0.3 is 4.74 Å². The van der Waals surface area contributed by atoms with Crippen LogP contribution in [0.1, 0.15) is 21.7 Å². The molecule has 4 rings (SSSR count). The van der Waals surface area contributed by atoms with E-state index >= 15 is 0 Å². The third-order valence-electron chi connectivity index (χ3n) is 5.24. The van der Waals surface area contributed by atoms with Crippen molar-refractivity contribution < 1.29 is 18.7 Å². The second-order valence-electron chi connectivity index (χ2n) is 7.59. The highest BCUT2D eigenvalue weighted by molar-refractivity contribution is 5.97. The topological polar surface area (TPSA) is 85.3 Å². The van der Waals surface area contributed by atoms with Gasteiger partial charge in [0, 0.05) is 5.56 Å². The Hall–Kier alpha value is -4.46. The highest BCUT2D eigenvalue weighted by atomic mass is 19.1. The van der Waals surface area contributed by atoms with Crippen LogP contribution in [0.25, 0.3) is 16.8 Å². The molecule has 0 fully saturated rings. The van der Waals surface area contributed by atoms with Gasteiger partial charge in [-0.15, -0.1) is 0 Å². The van der Waals surface area contributed by atoms with E-state index in [1.165, 1.54) is 12.1 Å². The molecule has 2 N–H and O–H groups in total. The Bertz CT molecular complexity index is 1320. The molecular formula is C26H23FN4O3. The van der Waals surface area contributed by atoms with Gasteiger partial charge in [-0.1, -0.05) is 48.5 Å². The number of aryl methyl sites for hydroxylation is 1. The molecule has 1 heterocycles. The average Bonchev–Trinajstić information content (AvgIpc) is 3.16. The number of halogens is 1. The first-order valence-corrected chi connectivity index (χ1v) is 10.6. The second-order valence-corrected chi connectivity index (χ2v) is 7.59. The van der Waals surface area contributed by atoms with E-state index in [4.69, 9.17) is 4.74 Å². The lowest BCUT2D eigenvalue weighted by molar-refractivity contribution is -0.123. The summed E-state index contributed by atoms with van der Waals surface area (Å²) in [6.07, 6.45) is 0. The molecule has 1 aromatic heterocycles. The fourth-order valence-electron chi connectivity index (χ4n) is 3.62. The van der Waals surface area contributed by atoms with Gasteiger partial charge in [0.2, 0.25) is 0 Å². The second kappa shape index (κ2) is 9.99. The highest BCUT2D eigenvalue weighted by Gasteiger charge is 2.20. The molecule has 34 heavy (non-hydrogen) atoms. The molecule has 0 bridgehead atoms. The van der Waals surface area contributed by atoms with Crippen molar-refractivity contribution in [2.24, 2.45) is 0 Å². The maximum atomic E-state index is 13.2. The third kappa shape index (κ3) is 4.96. The minimum Gasteiger partial charge on any atom is -0.483 e. The highest BCUT2D eigenvalue weighted by Crippen LogP contribution is 2.29. The number of benzene rings is 3. The van der Waals surface area contributed by atoms with Crippen LogP contribution in [0.4, 0.5) is 4.39 Å². The predicted molar refractivity (Wildman–Crippen MR) is 126 cm³/mol. The van der Waals surface area contributed by atoms with E-state index < -0.39 is 11.8 Å². The molecular weight excluding hydrogens is 435 g/mol. The summed E-state index contributed by atoms with van der Waals surface area (Å²) >= 11 is 0. The predicted octanol–water partition coefficient (Wildman–Crippen LogP) is 4.14. The van der Waals surface area contributed by atoms with Gasteiger partial charge in [-0.25, -0.2) is 9.07 Å². The molecule has 3 aromatic carbocycles. The molecule has 0 radical (unpaired) electrons. The minimum absolute atomic E-state index is 0.281. The largest absolute Gasteiger partial charge is 0.483 e. The summed E-state index contributed by atoms with van der Waals surface area (Å²) in [7, 11) is 0. The van der Waals surface area contributed by atoms with E-state index in [-0.39, 0.29) is 12.4 Å². The first-order valence-electron chi connectivity index (χ1n) is 10.6. The zero-order chi connectivity index (χ0) is 24.1. The van der Waals surface area contributed by atoms with Crippen molar-refractivity contribution in [3.63, 3.8) is 0 Å². The van der Waals surface area contributed by atoms with Gasteiger partial charge >= 0.3 is 0 Å². The van der Waals surface area contributed by atoms with Gasteiger partial charge in [0.25, 0.3) is 11.8 Å². The van der Waals surface area contributed by atoms with Crippen molar-refractivity contribution in [1.82, 2.24) is 20.6 Å². The first-order chi connectivity index (χ1) is 16.4. The Morgan fingerprint density at radius 3 is 2.32 bits per heavy atom. The smallest absolute Gasteiger partial charge is 0.276 e. The number of ether oxygens (including phenoxy) is 1. The standard InChI is InChI=1S/C26H23FN4O3/c1-17-25(18(2)31(30-17)21-14-12-20(27)13-15-21)26(33)29-28-24(32)16-34-23-11-7-6-10-22(23)19-8-4-3-5-9-19/h3-15H,16H2,1-2H3,(H,28,32)(H,29,33). The van der Waals surface area contributed by atoms with Crippen molar-refractivity contribution in [1.29, 1.82) is 0 Å². The van der Waals surface area contributed by atoms with Crippen LogP contribution in [0.3, 0.4) is 0 Å². The summed E-state index contributed by atoms with van der Waals surface area (Å²) in [5.74, 6) is -0.833. The Balaban J connectivity index is 1.38. The number of amides is 2. The number of hydrogen-bond donors (Lipinski definition) is 2. The summed E-state index contributed by atoms with van der Waals surface area (Å²) in [6.45, 7) is 3.13.